The van der Waals surface area contributed by atoms with Gasteiger partial charge in [0, 0.05) is 34.6 Å². The molecule has 3 fully saturated rings. The number of carbonyl (C=O) groups is 5. The Morgan fingerprint density at radius 1 is 0.792 bits per heavy atom. The molecule has 16 nitrogen and oxygen atoms in total. The Bertz CT molecular complexity index is 1310. The summed E-state index contributed by atoms with van der Waals surface area (Å²) in [6.45, 7) is 8.94. The van der Waals surface area contributed by atoms with Crippen molar-refractivity contribution in [1.29, 1.82) is 0 Å². The number of hydrogen-bond donors (Lipinski definition) is 1. The first-order valence-corrected chi connectivity index (χ1v) is 15.5. The van der Waals surface area contributed by atoms with Crippen LogP contribution >= 0.6 is 0 Å². The lowest BCUT2D eigenvalue weighted by Crippen LogP contribution is -2.71. The van der Waals surface area contributed by atoms with Gasteiger partial charge in [0.05, 0.1) is 13.2 Å². The molecule has 0 saturated carbocycles. The number of fused-ring (bicyclic) bond motifs is 1. The number of benzene rings is 1. The Morgan fingerprint density at radius 2 is 1.42 bits per heavy atom. The van der Waals surface area contributed by atoms with Crippen molar-refractivity contribution < 1.29 is 71.3 Å². The molecule has 16 heteroatoms. The van der Waals surface area contributed by atoms with Crippen LogP contribution in [0.1, 0.15) is 54.0 Å². The molecule has 0 bridgehead atoms. The van der Waals surface area contributed by atoms with Crippen molar-refractivity contribution in [2.24, 2.45) is 0 Å². The molecule has 1 aromatic rings. The van der Waals surface area contributed by atoms with E-state index in [2.05, 4.69) is 5.32 Å². The van der Waals surface area contributed by atoms with Gasteiger partial charge in [-0.15, -0.1) is 0 Å². The maximum absolute atomic E-state index is 12.6. The number of esters is 4. The summed E-state index contributed by atoms with van der Waals surface area (Å²) < 4.78 is 59.1. The van der Waals surface area contributed by atoms with Crippen molar-refractivity contribution in [3.63, 3.8) is 0 Å². The minimum atomic E-state index is -1.56. The van der Waals surface area contributed by atoms with Crippen LogP contribution in [0.5, 0.6) is 0 Å². The van der Waals surface area contributed by atoms with E-state index < -0.39 is 104 Å². The average molecular weight is 682 g/mol. The number of rotatable bonds is 11. The van der Waals surface area contributed by atoms with Gasteiger partial charge in [-0.25, -0.2) is 0 Å². The quantitative estimate of drug-likeness (QED) is 0.258. The molecule has 1 unspecified atom stereocenters. The molecule has 0 radical (unpaired) electrons. The predicted octanol–water partition coefficient (Wildman–Crippen LogP) is 1.05. The second-order valence-corrected chi connectivity index (χ2v) is 12.0. The second kappa shape index (κ2) is 16.2. The number of nitrogens with one attached hydrogen (secondary N) is 1. The monoisotopic (exact) mass is 681 g/mol. The van der Waals surface area contributed by atoms with Crippen molar-refractivity contribution >= 4 is 29.8 Å². The molecule has 3 heterocycles. The molecule has 1 amide bonds. The van der Waals surface area contributed by atoms with E-state index in [-0.39, 0.29) is 13.2 Å². The molecule has 1 aromatic carbocycles. The maximum Gasteiger partial charge on any atom is 0.303 e. The Kier molecular flexibility index (Phi) is 12.5. The zero-order chi connectivity index (χ0) is 35.2. The summed E-state index contributed by atoms with van der Waals surface area (Å²) >= 11 is 0. The average Bonchev–Trinajstić information content (AvgIpc) is 2.98. The zero-order valence-corrected chi connectivity index (χ0v) is 27.9. The lowest BCUT2D eigenvalue weighted by Gasteiger charge is -2.52. The molecule has 4 rings (SSSR count). The van der Waals surface area contributed by atoms with Crippen LogP contribution in [-0.2, 0) is 77.9 Å². The topological polar surface area (TPSA) is 190 Å². The highest BCUT2D eigenvalue weighted by Gasteiger charge is 2.58. The Morgan fingerprint density at radius 3 is 2.02 bits per heavy atom. The van der Waals surface area contributed by atoms with Gasteiger partial charge < -0.3 is 52.7 Å². The van der Waals surface area contributed by atoms with Crippen LogP contribution in [0.4, 0.5) is 0 Å². The minimum absolute atomic E-state index is 0.0636. The molecular weight excluding hydrogens is 638 g/mol. The third-order valence-electron chi connectivity index (χ3n) is 7.53. The van der Waals surface area contributed by atoms with Crippen molar-refractivity contribution in [1.82, 2.24) is 5.32 Å². The molecule has 0 aromatic heterocycles. The number of carbonyl (C=O) groups excluding carboxylic acids is 5. The minimum Gasteiger partial charge on any atom is -0.463 e. The van der Waals surface area contributed by atoms with Crippen molar-refractivity contribution in [2.75, 3.05) is 13.2 Å². The fraction of sp³-hybridized carbons (Fsp3) is 0.656. The van der Waals surface area contributed by atoms with Crippen LogP contribution in [0.15, 0.2) is 30.3 Å². The smallest absolute Gasteiger partial charge is 0.303 e. The summed E-state index contributed by atoms with van der Waals surface area (Å²) in [5, 5.41) is 2.83. The van der Waals surface area contributed by atoms with E-state index in [1.807, 2.05) is 30.3 Å². The van der Waals surface area contributed by atoms with E-state index in [1.165, 1.54) is 13.8 Å². The summed E-state index contributed by atoms with van der Waals surface area (Å²) in [7, 11) is 0. The second-order valence-electron chi connectivity index (χ2n) is 12.0. The maximum atomic E-state index is 12.6. The van der Waals surface area contributed by atoms with Crippen LogP contribution in [0.25, 0.3) is 0 Å². The van der Waals surface area contributed by atoms with Crippen molar-refractivity contribution in [3.8, 4) is 0 Å². The normalized spacial score (nSPS) is 32.6. The highest BCUT2D eigenvalue weighted by molar-refractivity contribution is 5.73. The van der Waals surface area contributed by atoms with Gasteiger partial charge in [0.1, 0.15) is 37.1 Å². The fourth-order valence-corrected chi connectivity index (χ4v) is 5.72. The summed E-state index contributed by atoms with van der Waals surface area (Å²) in [5.74, 6) is -4.59. The largest absolute Gasteiger partial charge is 0.463 e. The molecule has 3 saturated heterocycles. The molecule has 0 spiro atoms. The first kappa shape index (κ1) is 37.2. The molecule has 3 aliphatic rings. The van der Waals surface area contributed by atoms with Crippen LogP contribution in [0.2, 0.25) is 0 Å². The number of amides is 1. The van der Waals surface area contributed by atoms with E-state index in [1.54, 1.807) is 13.8 Å². The van der Waals surface area contributed by atoms with Crippen molar-refractivity contribution in [3.05, 3.63) is 35.9 Å². The van der Waals surface area contributed by atoms with Gasteiger partial charge in [-0.1, -0.05) is 30.3 Å². The van der Waals surface area contributed by atoms with Crippen LogP contribution in [-0.4, -0.2) is 110 Å². The van der Waals surface area contributed by atoms with Crippen LogP contribution in [0, 0.1) is 0 Å². The standard InChI is InChI=1S/C32H43NO15/c1-16(34)33-24-27(26-23(15-41-32(6,7)48-26)45-30(24)40-13-21-11-9-8-10-12-21)47-31-29(44-20(5)38)28(43-19(4)37)25(42-18(3)36)22(46-31)14-39-17(2)35/h8-12,22-31H,13-15H2,1-7H3,(H,33,34)/t22-,23+,24+,25+,26-,27+,28+,29-,30?,31+/m0/s1. The zero-order valence-electron chi connectivity index (χ0n) is 27.9. The van der Waals surface area contributed by atoms with E-state index in [0.29, 0.717) is 0 Å². The van der Waals surface area contributed by atoms with E-state index in [9.17, 15) is 24.0 Å². The van der Waals surface area contributed by atoms with Gasteiger partial charge in [-0.05, 0) is 19.4 Å². The summed E-state index contributed by atoms with van der Waals surface area (Å²) in [4.78, 5) is 61.3. The lowest BCUT2D eigenvalue weighted by atomic mass is 9.94. The third-order valence-corrected chi connectivity index (χ3v) is 7.53. The van der Waals surface area contributed by atoms with Gasteiger partial charge in [0.25, 0.3) is 0 Å². The van der Waals surface area contributed by atoms with Gasteiger partial charge in [-0.2, -0.15) is 0 Å². The molecule has 266 valence electrons. The van der Waals surface area contributed by atoms with Crippen molar-refractivity contribution in [2.45, 2.75) is 122 Å². The van der Waals surface area contributed by atoms with E-state index in [4.69, 9.17) is 47.4 Å². The predicted molar refractivity (Wildman–Crippen MR) is 159 cm³/mol. The van der Waals surface area contributed by atoms with Gasteiger partial charge in [0.2, 0.25) is 5.91 Å². The summed E-state index contributed by atoms with van der Waals surface area (Å²) in [6, 6.07) is 8.25. The SMILES string of the molecule is CC(=O)N[C@H]1C(OCc2ccccc2)O[C@@H]2COC(C)(C)O[C@@H]2[C@@H]1O[C@H]1O[C@@H](COC(C)=O)[C@@H](OC(C)=O)[C@@H](OC(C)=O)[C@@H]1OC(C)=O. The molecular formula is C32H43NO15. The van der Waals surface area contributed by atoms with Gasteiger partial charge in [-0.3, -0.25) is 24.0 Å². The van der Waals surface area contributed by atoms with Crippen LogP contribution in [0.3, 0.4) is 0 Å². The van der Waals surface area contributed by atoms with Crippen LogP contribution < -0.4 is 5.32 Å². The van der Waals surface area contributed by atoms with E-state index in [0.717, 1.165) is 26.3 Å². The summed E-state index contributed by atoms with van der Waals surface area (Å²) in [5.41, 5.74) is 0.833. The van der Waals surface area contributed by atoms with E-state index >= 15 is 0 Å². The first-order chi connectivity index (χ1) is 22.6. The fourth-order valence-electron chi connectivity index (χ4n) is 5.72. The number of ether oxygens (including phenoxy) is 10. The molecule has 48 heavy (non-hydrogen) atoms. The molecule has 10 atom stereocenters. The number of hydrogen-bond acceptors (Lipinski definition) is 15. The Labute approximate surface area is 277 Å². The third kappa shape index (κ3) is 9.93. The molecule has 0 aliphatic carbocycles. The first-order valence-electron chi connectivity index (χ1n) is 15.5. The lowest BCUT2D eigenvalue weighted by molar-refractivity contribution is -0.394. The van der Waals surface area contributed by atoms with Gasteiger partial charge >= 0.3 is 23.9 Å². The Balaban J connectivity index is 1.76. The summed E-state index contributed by atoms with van der Waals surface area (Å²) in [6.07, 6.45) is -11.1. The molecule has 3 aliphatic heterocycles. The molecule has 1 N–H and O–H groups in total. The Hall–Kier alpha value is -3.67. The highest BCUT2D eigenvalue weighted by Crippen LogP contribution is 2.38. The highest BCUT2D eigenvalue weighted by atomic mass is 16.8. The van der Waals surface area contributed by atoms with Gasteiger partial charge in [0.15, 0.2) is 36.7 Å².